The summed E-state index contributed by atoms with van der Waals surface area (Å²) < 4.78 is 19.4. The molecule has 0 aliphatic heterocycles. The first kappa shape index (κ1) is 22.9. The fraction of sp³-hybridized carbons (Fsp3) is 0.0400. The maximum Gasteiger partial charge on any atom is 0.258 e. The Morgan fingerprint density at radius 1 is 0.912 bits per heavy atom. The summed E-state index contributed by atoms with van der Waals surface area (Å²) in [6, 6.07) is 17.8. The molecule has 0 radical (unpaired) electrons. The molecule has 0 spiro atoms. The summed E-state index contributed by atoms with van der Waals surface area (Å²) >= 11 is 5.75. The third-order valence-corrected chi connectivity index (χ3v) is 5.06. The van der Waals surface area contributed by atoms with E-state index in [9.17, 15) is 14.0 Å². The second-order valence-electron chi connectivity index (χ2n) is 7.11. The predicted molar refractivity (Wildman–Crippen MR) is 128 cm³/mol. The van der Waals surface area contributed by atoms with E-state index in [1.807, 2.05) is 30.3 Å². The first-order valence-corrected chi connectivity index (χ1v) is 10.5. The van der Waals surface area contributed by atoms with E-state index in [0.717, 1.165) is 11.6 Å². The number of nitrogens with zero attached hydrogens (tertiary/aromatic N) is 2. The van der Waals surface area contributed by atoms with Crippen LogP contribution < -0.4 is 15.4 Å². The molecule has 4 aromatic rings. The van der Waals surface area contributed by atoms with Gasteiger partial charge in [-0.3, -0.25) is 9.59 Å². The predicted octanol–water partition coefficient (Wildman–Crippen LogP) is 5.45. The van der Waals surface area contributed by atoms with Crippen LogP contribution in [0.15, 0.2) is 79.1 Å². The summed E-state index contributed by atoms with van der Waals surface area (Å²) in [5.74, 6) is -1.06. The maximum atomic E-state index is 14.1. The van der Waals surface area contributed by atoms with Gasteiger partial charge in [0.2, 0.25) is 0 Å². The minimum Gasteiger partial charge on any atom is -0.495 e. The van der Waals surface area contributed by atoms with E-state index < -0.39 is 17.6 Å². The molecule has 170 valence electrons. The van der Waals surface area contributed by atoms with Crippen LogP contribution in [0.5, 0.6) is 5.75 Å². The molecular formula is C25H18ClFN4O3. The molecule has 1 aromatic heterocycles. The van der Waals surface area contributed by atoms with Crippen LogP contribution in [0.2, 0.25) is 5.02 Å². The zero-order valence-electron chi connectivity index (χ0n) is 17.9. The van der Waals surface area contributed by atoms with E-state index in [1.165, 1.54) is 37.7 Å². The lowest BCUT2D eigenvalue weighted by molar-refractivity contribution is 0.101. The third kappa shape index (κ3) is 5.19. The summed E-state index contributed by atoms with van der Waals surface area (Å²) in [5.41, 5.74) is 1.53. The van der Waals surface area contributed by atoms with Crippen molar-refractivity contribution in [2.75, 3.05) is 17.7 Å². The highest BCUT2D eigenvalue weighted by molar-refractivity contribution is 6.30. The van der Waals surface area contributed by atoms with Crippen molar-refractivity contribution in [2.24, 2.45) is 0 Å². The van der Waals surface area contributed by atoms with Gasteiger partial charge in [-0.25, -0.2) is 14.4 Å². The Kier molecular flexibility index (Phi) is 6.79. The Morgan fingerprint density at radius 2 is 1.65 bits per heavy atom. The van der Waals surface area contributed by atoms with Gasteiger partial charge in [0.05, 0.1) is 23.9 Å². The van der Waals surface area contributed by atoms with Crippen molar-refractivity contribution >= 4 is 34.8 Å². The van der Waals surface area contributed by atoms with E-state index in [4.69, 9.17) is 16.3 Å². The molecule has 0 aliphatic rings. The molecule has 4 rings (SSSR count). The lowest BCUT2D eigenvalue weighted by Crippen LogP contribution is -2.16. The monoisotopic (exact) mass is 476 g/mol. The molecule has 34 heavy (non-hydrogen) atoms. The second kappa shape index (κ2) is 10.1. The van der Waals surface area contributed by atoms with Crippen LogP contribution in [0.25, 0.3) is 11.4 Å². The standard InChI is InChI=1S/C25H18ClFN4O3/c1-34-22-10-8-18(12-21(22)31-25(33)19-9-7-17(26)11-20(19)27)30-24(32)16-13-28-23(29-14-16)15-5-3-2-4-6-15/h2-14H,1H3,(H,30,32)(H,31,33). The first-order chi connectivity index (χ1) is 16.4. The van der Waals surface area contributed by atoms with Gasteiger partial charge in [0, 0.05) is 28.7 Å². The third-order valence-electron chi connectivity index (χ3n) is 4.83. The smallest absolute Gasteiger partial charge is 0.258 e. The number of benzene rings is 3. The highest BCUT2D eigenvalue weighted by atomic mass is 35.5. The van der Waals surface area contributed by atoms with E-state index in [1.54, 1.807) is 12.1 Å². The number of methoxy groups -OCH3 is 1. The highest BCUT2D eigenvalue weighted by Gasteiger charge is 2.16. The van der Waals surface area contributed by atoms with Gasteiger partial charge >= 0.3 is 0 Å². The molecule has 0 bridgehead atoms. The van der Waals surface area contributed by atoms with Gasteiger partial charge < -0.3 is 15.4 Å². The molecule has 9 heteroatoms. The number of aromatic nitrogens is 2. The van der Waals surface area contributed by atoms with Crippen molar-refractivity contribution in [2.45, 2.75) is 0 Å². The van der Waals surface area contributed by atoms with Crippen molar-refractivity contribution in [3.63, 3.8) is 0 Å². The number of anilines is 2. The largest absolute Gasteiger partial charge is 0.495 e. The van der Waals surface area contributed by atoms with Gasteiger partial charge in [0.15, 0.2) is 5.82 Å². The van der Waals surface area contributed by atoms with Crippen LogP contribution in [0, 0.1) is 5.82 Å². The van der Waals surface area contributed by atoms with E-state index in [0.29, 0.717) is 17.3 Å². The quantitative estimate of drug-likeness (QED) is 0.386. The van der Waals surface area contributed by atoms with Gasteiger partial charge in [0.25, 0.3) is 11.8 Å². The molecule has 0 atom stereocenters. The van der Waals surface area contributed by atoms with Gasteiger partial charge in [-0.2, -0.15) is 0 Å². The molecule has 2 N–H and O–H groups in total. The molecule has 3 aromatic carbocycles. The van der Waals surface area contributed by atoms with Crippen molar-refractivity contribution in [3.05, 3.63) is 101 Å². The van der Waals surface area contributed by atoms with Crippen LogP contribution in [0.4, 0.5) is 15.8 Å². The number of ether oxygens (including phenoxy) is 1. The van der Waals surface area contributed by atoms with Gasteiger partial charge in [-0.1, -0.05) is 41.9 Å². The molecule has 7 nitrogen and oxygen atoms in total. The average molecular weight is 477 g/mol. The van der Waals surface area contributed by atoms with Crippen LogP contribution in [0.1, 0.15) is 20.7 Å². The number of rotatable bonds is 6. The topological polar surface area (TPSA) is 93.2 Å². The van der Waals surface area contributed by atoms with Gasteiger partial charge in [-0.15, -0.1) is 0 Å². The minimum absolute atomic E-state index is 0.178. The summed E-state index contributed by atoms with van der Waals surface area (Å²) in [6.45, 7) is 0. The SMILES string of the molecule is COc1ccc(NC(=O)c2cnc(-c3ccccc3)nc2)cc1NC(=O)c1ccc(Cl)cc1F. The lowest BCUT2D eigenvalue weighted by atomic mass is 10.2. The number of nitrogens with one attached hydrogen (secondary N) is 2. The Bertz CT molecular complexity index is 1350. The van der Waals surface area contributed by atoms with Crippen molar-refractivity contribution in [1.29, 1.82) is 0 Å². The molecule has 0 fully saturated rings. The summed E-state index contributed by atoms with van der Waals surface area (Å²) in [4.78, 5) is 33.7. The normalized spacial score (nSPS) is 10.4. The van der Waals surface area contributed by atoms with Crippen LogP contribution >= 0.6 is 11.6 Å². The number of hydrogen-bond acceptors (Lipinski definition) is 5. The van der Waals surface area contributed by atoms with Crippen LogP contribution in [0.3, 0.4) is 0 Å². The molecule has 2 amide bonds. The molecule has 0 aliphatic carbocycles. The van der Waals surface area contributed by atoms with E-state index in [-0.39, 0.29) is 21.8 Å². The number of hydrogen-bond donors (Lipinski definition) is 2. The van der Waals surface area contributed by atoms with Crippen LogP contribution in [-0.4, -0.2) is 28.9 Å². The fourth-order valence-corrected chi connectivity index (χ4v) is 3.29. The highest BCUT2D eigenvalue weighted by Crippen LogP contribution is 2.29. The Labute approximate surface area is 199 Å². The van der Waals surface area contributed by atoms with Crippen molar-refractivity contribution in [1.82, 2.24) is 9.97 Å². The molecule has 0 saturated heterocycles. The summed E-state index contributed by atoms with van der Waals surface area (Å²) in [7, 11) is 1.43. The van der Waals surface area contributed by atoms with E-state index >= 15 is 0 Å². The van der Waals surface area contributed by atoms with Gasteiger partial charge in [0.1, 0.15) is 11.6 Å². The Morgan fingerprint density at radius 3 is 2.32 bits per heavy atom. The second-order valence-corrected chi connectivity index (χ2v) is 7.55. The number of halogens is 2. The first-order valence-electron chi connectivity index (χ1n) is 10.1. The number of amides is 2. The van der Waals surface area contributed by atoms with Crippen molar-refractivity contribution < 1.29 is 18.7 Å². The molecule has 1 heterocycles. The fourth-order valence-electron chi connectivity index (χ4n) is 3.13. The van der Waals surface area contributed by atoms with Crippen molar-refractivity contribution in [3.8, 4) is 17.1 Å². The minimum atomic E-state index is -0.757. The molecular weight excluding hydrogens is 459 g/mol. The summed E-state index contributed by atoms with van der Waals surface area (Å²) in [5, 5.41) is 5.50. The zero-order chi connectivity index (χ0) is 24.1. The zero-order valence-corrected chi connectivity index (χ0v) is 18.6. The summed E-state index contributed by atoms with van der Waals surface area (Å²) in [6.07, 6.45) is 2.86. The van der Waals surface area contributed by atoms with Gasteiger partial charge in [-0.05, 0) is 36.4 Å². The number of carbonyl (C=O) groups is 2. The van der Waals surface area contributed by atoms with E-state index in [2.05, 4.69) is 20.6 Å². The lowest BCUT2D eigenvalue weighted by Gasteiger charge is -2.13. The van der Waals surface area contributed by atoms with Crippen LogP contribution in [-0.2, 0) is 0 Å². The Hall–Kier alpha value is -4.30. The maximum absolute atomic E-state index is 14.1. The average Bonchev–Trinajstić information content (AvgIpc) is 2.85. The Balaban J connectivity index is 1.51. The number of carbonyl (C=O) groups excluding carboxylic acids is 2. The molecule has 0 unspecified atom stereocenters. The molecule has 0 saturated carbocycles.